The van der Waals surface area contributed by atoms with E-state index in [4.69, 9.17) is 5.14 Å². The summed E-state index contributed by atoms with van der Waals surface area (Å²) in [5.41, 5.74) is 3.36. The maximum absolute atomic E-state index is 13.2. The number of sulfonamides is 1. The summed E-state index contributed by atoms with van der Waals surface area (Å²) in [6.07, 6.45) is 0.411. The minimum Gasteiger partial charge on any atom is -0.345 e. The molecule has 1 heterocycles. The lowest BCUT2D eigenvalue weighted by atomic mass is 9.96. The van der Waals surface area contributed by atoms with E-state index in [1.165, 1.54) is 24.3 Å². The summed E-state index contributed by atoms with van der Waals surface area (Å²) in [4.78, 5) is 12.9. The van der Waals surface area contributed by atoms with Crippen molar-refractivity contribution >= 4 is 15.8 Å². The normalized spacial score (nSPS) is 12.7. The van der Waals surface area contributed by atoms with Gasteiger partial charge in [-0.1, -0.05) is 30.3 Å². The van der Waals surface area contributed by atoms with E-state index in [9.17, 15) is 17.6 Å². The van der Waals surface area contributed by atoms with Crippen LogP contribution in [0.5, 0.6) is 0 Å². The number of ketones is 1. The molecule has 0 aliphatic carbocycles. The van der Waals surface area contributed by atoms with Gasteiger partial charge in [0.2, 0.25) is 15.8 Å². The molecule has 2 aromatic carbocycles. The Balaban J connectivity index is 1.95. The Labute approximate surface area is 170 Å². The topological polar surface area (TPSA) is 82.2 Å². The third kappa shape index (κ3) is 4.99. The molecule has 0 aliphatic heterocycles. The van der Waals surface area contributed by atoms with Crippen LogP contribution in [0.2, 0.25) is 0 Å². The van der Waals surface area contributed by atoms with Crippen LogP contribution < -0.4 is 5.14 Å². The quantitative estimate of drug-likeness (QED) is 0.602. The van der Waals surface area contributed by atoms with Crippen molar-refractivity contribution in [3.63, 3.8) is 0 Å². The number of hydrogen-bond acceptors (Lipinski definition) is 3. The molecule has 1 aromatic heterocycles. The van der Waals surface area contributed by atoms with Crippen LogP contribution in [0.15, 0.2) is 60.7 Å². The van der Waals surface area contributed by atoms with Crippen molar-refractivity contribution in [3.8, 4) is 0 Å². The van der Waals surface area contributed by atoms with Crippen molar-refractivity contribution in [2.24, 2.45) is 12.2 Å². The van der Waals surface area contributed by atoms with Gasteiger partial charge in [-0.25, -0.2) is 17.9 Å². The van der Waals surface area contributed by atoms with Crippen molar-refractivity contribution < 1.29 is 17.6 Å². The molecule has 5 nitrogen and oxygen atoms in total. The Morgan fingerprint density at radius 2 is 1.72 bits per heavy atom. The van der Waals surface area contributed by atoms with Crippen molar-refractivity contribution in [2.75, 3.05) is 5.75 Å². The molecule has 3 rings (SSSR count). The van der Waals surface area contributed by atoms with E-state index in [0.717, 1.165) is 16.8 Å². The van der Waals surface area contributed by atoms with E-state index < -0.39 is 15.8 Å². The highest BCUT2D eigenvalue weighted by atomic mass is 32.2. The van der Waals surface area contributed by atoms with Crippen molar-refractivity contribution in [1.29, 1.82) is 0 Å². The van der Waals surface area contributed by atoms with Gasteiger partial charge in [-0.3, -0.25) is 4.79 Å². The second-order valence-corrected chi connectivity index (χ2v) is 8.86. The zero-order chi connectivity index (χ0) is 21.2. The first-order valence-electron chi connectivity index (χ1n) is 9.16. The van der Waals surface area contributed by atoms with Crippen LogP contribution >= 0.6 is 0 Å². The number of carbonyl (C=O) groups is 1. The maximum atomic E-state index is 13.2. The molecule has 2 N–H and O–H groups in total. The maximum Gasteiger partial charge on any atom is 0.209 e. The Morgan fingerprint density at radius 3 is 2.31 bits per heavy atom. The third-order valence-electron chi connectivity index (χ3n) is 5.00. The second kappa shape index (κ2) is 8.31. The predicted octanol–water partition coefficient (Wildman–Crippen LogP) is 3.32. The fourth-order valence-electron chi connectivity index (χ4n) is 3.62. The summed E-state index contributed by atoms with van der Waals surface area (Å²) in [5.74, 6) is -1.14. The number of nitrogens with two attached hydrogens (primary N) is 1. The van der Waals surface area contributed by atoms with Gasteiger partial charge in [0, 0.05) is 24.2 Å². The first-order chi connectivity index (χ1) is 13.7. The smallest absolute Gasteiger partial charge is 0.209 e. The number of benzene rings is 2. The predicted molar refractivity (Wildman–Crippen MR) is 111 cm³/mol. The van der Waals surface area contributed by atoms with E-state index in [-0.39, 0.29) is 17.5 Å². The average Bonchev–Trinajstić information content (AvgIpc) is 2.94. The average molecular weight is 415 g/mol. The molecule has 0 amide bonds. The van der Waals surface area contributed by atoms with Gasteiger partial charge in [0.15, 0.2) is 0 Å². The molecule has 0 spiro atoms. The number of primary sulfonamides is 1. The number of carbonyl (C=O) groups excluding carboxylic acids is 1. The second-order valence-electron chi connectivity index (χ2n) is 7.20. The molecule has 0 saturated heterocycles. The van der Waals surface area contributed by atoms with Crippen molar-refractivity contribution in [2.45, 2.75) is 19.3 Å². The molecule has 29 heavy (non-hydrogen) atoms. The van der Waals surface area contributed by atoms with Gasteiger partial charge < -0.3 is 4.57 Å². The molecule has 0 fully saturated rings. The highest BCUT2D eigenvalue weighted by Gasteiger charge is 2.23. The van der Waals surface area contributed by atoms with Gasteiger partial charge in [-0.15, -0.1) is 0 Å². The summed E-state index contributed by atoms with van der Waals surface area (Å²) in [7, 11) is -1.91. The van der Waals surface area contributed by atoms with Crippen LogP contribution in [0.3, 0.4) is 0 Å². The van der Waals surface area contributed by atoms with Gasteiger partial charge in [-0.2, -0.15) is 0 Å². The molecular formula is C22H23FN2O3S. The Bertz CT molecular complexity index is 1120. The number of hydrogen-bond donors (Lipinski definition) is 1. The van der Waals surface area contributed by atoms with E-state index >= 15 is 0 Å². The van der Waals surface area contributed by atoms with Gasteiger partial charge in [0.1, 0.15) is 5.82 Å². The Hall–Kier alpha value is -2.77. The molecule has 1 atom stereocenters. The summed E-state index contributed by atoms with van der Waals surface area (Å²) in [6, 6.07) is 16.6. The molecule has 1 unspecified atom stereocenters. The SMILES string of the molecule is Cc1cc(CC(CS(N)(=O)=O)c2ccccc2)n(C)c1C(=O)c1ccc(F)cc1. The fraction of sp³-hybridized carbons (Fsp3) is 0.227. The molecule has 0 aliphatic rings. The van der Waals surface area contributed by atoms with E-state index in [1.807, 2.05) is 43.3 Å². The fourth-order valence-corrected chi connectivity index (χ4v) is 4.49. The molecule has 7 heteroatoms. The number of rotatable bonds is 7. The van der Waals surface area contributed by atoms with Crippen molar-refractivity contribution in [3.05, 3.63) is 94.6 Å². The van der Waals surface area contributed by atoms with Crippen LogP contribution in [0.1, 0.15) is 38.8 Å². The number of aryl methyl sites for hydroxylation is 1. The number of halogens is 1. The molecule has 3 aromatic rings. The lowest BCUT2D eigenvalue weighted by molar-refractivity contribution is 0.103. The summed E-state index contributed by atoms with van der Waals surface area (Å²) in [5, 5.41) is 5.32. The van der Waals surface area contributed by atoms with Gasteiger partial charge in [0.05, 0.1) is 11.4 Å². The lowest BCUT2D eigenvalue weighted by Crippen LogP contribution is -2.24. The number of nitrogens with zero attached hydrogens (tertiary/aromatic N) is 1. The van der Waals surface area contributed by atoms with Crippen LogP contribution in [-0.2, 0) is 23.5 Å². The van der Waals surface area contributed by atoms with Gasteiger partial charge in [0.25, 0.3) is 0 Å². The van der Waals surface area contributed by atoms with Crippen LogP contribution in [0.25, 0.3) is 0 Å². The van der Waals surface area contributed by atoms with Crippen LogP contribution in [0.4, 0.5) is 4.39 Å². The monoisotopic (exact) mass is 414 g/mol. The molecule has 0 bridgehead atoms. The largest absolute Gasteiger partial charge is 0.345 e. The molecule has 152 valence electrons. The highest BCUT2D eigenvalue weighted by molar-refractivity contribution is 7.89. The van der Waals surface area contributed by atoms with Gasteiger partial charge >= 0.3 is 0 Å². The highest BCUT2D eigenvalue weighted by Crippen LogP contribution is 2.26. The number of aromatic nitrogens is 1. The summed E-state index contributed by atoms with van der Waals surface area (Å²) >= 11 is 0. The molecule has 0 saturated carbocycles. The molecule has 0 radical (unpaired) electrons. The molecular weight excluding hydrogens is 391 g/mol. The summed E-state index contributed by atoms with van der Waals surface area (Å²) < 4.78 is 38.5. The van der Waals surface area contributed by atoms with Crippen LogP contribution in [0, 0.1) is 12.7 Å². The Morgan fingerprint density at radius 1 is 1.10 bits per heavy atom. The van der Waals surface area contributed by atoms with Gasteiger partial charge in [-0.05, 0) is 54.8 Å². The van der Waals surface area contributed by atoms with Crippen LogP contribution in [-0.4, -0.2) is 24.5 Å². The lowest BCUT2D eigenvalue weighted by Gasteiger charge is -2.17. The van der Waals surface area contributed by atoms with E-state index in [0.29, 0.717) is 17.7 Å². The minimum absolute atomic E-state index is 0.192. The van der Waals surface area contributed by atoms with E-state index in [2.05, 4.69) is 0 Å². The van der Waals surface area contributed by atoms with Crippen molar-refractivity contribution in [1.82, 2.24) is 4.57 Å². The Kier molecular flexibility index (Phi) is 6.00. The standard InChI is InChI=1S/C22H23FN2O3S/c1-15-12-20(13-18(14-29(24,27)28)16-6-4-3-5-7-16)25(2)21(15)22(26)17-8-10-19(23)11-9-17/h3-12,18H,13-14H2,1-2H3,(H2,24,27,28). The zero-order valence-electron chi connectivity index (χ0n) is 16.3. The first kappa shape index (κ1) is 21.0. The minimum atomic E-state index is -3.68. The summed E-state index contributed by atoms with van der Waals surface area (Å²) in [6.45, 7) is 1.83. The van der Waals surface area contributed by atoms with E-state index in [1.54, 1.807) is 11.6 Å². The zero-order valence-corrected chi connectivity index (χ0v) is 17.1. The third-order valence-corrected chi connectivity index (χ3v) is 5.87. The first-order valence-corrected chi connectivity index (χ1v) is 10.9.